The number of piperidine rings is 1. The van der Waals surface area contributed by atoms with Gasteiger partial charge in [-0.3, -0.25) is 14.5 Å². The van der Waals surface area contributed by atoms with Gasteiger partial charge in [0.15, 0.2) is 5.82 Å². The minimum atomic E-state index is -0.564. The highest BCUT2D eigenvalue weighted by molar-refractivity contribution is 6.02. The van der Waals surface area contributed by atoms with Crippen molar-refractivity contribution in [3.63, 3.8) is 0 Å². The second-order valence-electron chi connectivity index (χ2n) is 12.0. The molecule has 1 amide bonds. The molecule has 0 unspecified atom stereocenters. The van der Waals surface area contributed by atoms with E-state index in [1.165, 1.54) is 23.5 Å². The number of carbonyl (C=O) groups is 1. The molecule has 0 saturated carbocycles. The Morgan fingerprint density at radius 1 is 1.09 bits per heavy atom. The van der Waals surface area contributed by atoms with Crippen molar-refractivity contribution in [1.82, 2.24) is 14.9 Å². The number of morpholine rings is 1. The summed E-state index contributed by atoms with van der Waals surface area (Å²) in [4.78, 5) is 31.9. The fourth-order valence-corrected chi connectivity index (χ4v) is 7.12. The van der Waals surface area contributed by atoms with Crippen molar-refractivity contribution in [2.45, 2.75) is 49.9 Å². The molecule has 4 fully saturated rings. The van der Waals surface area contributed by atoms with Crippen molar-refractivity contribution >= 4 is 34.6 Å². The van der Waals surface area contributed by atoms with E-state index in [-0.39, 0.29) is 11.5 Å². The summed E-state index contributed by atoms with van der Waals surface area (Å²) in [6.45, 7) is 7.46. The van der Waals surface area contributed by atoms with Crippen molar-refractivity contribution < 1.29 is 27.9 Å². The molecule has 5 heterocycles. The number of hydrogen-bond donors (Lipinski definition) is 2. The number of hydroxylamine groups is 1. The van der Waals surface area contributed by atoms with Crippen molar-refractivity contribution in [3.05, 3.63) is 72.6 Å². The van der Waals surface area contributed by atoms with Gasteiger partial charge in [0.25, 0.3) is 0 Å². The summed E-state index contributed by atoms with van der Waals surface area (Å²) in [6.07, 6.45) is 6.60. The predicted octanol–water partition coefficient (Wildman–Crippen LogP) is 4.96. The van der Waals surface area contributed by atoms with E-state index in [1.54, 1.807) is 13.2 Å². The lowest BCUT2D eigenvalue weighted by Crippen LogP contribution is -2.49. The molecular weight excluding hydrogens is 596 g/mol. The van der Waals surface area contributed by atoms with Crippen LogP contribution in [-0.4, -0.2) is 78.9 Å². The van der Waals surface area contributed by atoms with Crippen LogP contribution in [-0.2, 0) is 14.4 Å². The van der Waals surface area contributed by atoms with Gasteiger partial charge in [0.05, 0.1) is 49.5 Å². The van der Waals surface area contributed by atoms with Crippen LogP contribution in [0.25, 0.3) is 0 Å². The number of nitrogens with one attached hydrogen (secondary N) is 2. The molecule has 7 rings (SSSR count). The second kappa shape index (κ2) is 12.8. The first kappa shape index (κ1) is 30.3. The van der Waals surface area contributed by atoms with Gasteiger partial charge in [-0.1, -0.05) is 6.58 Å². The van der Waals surface area contributed by atoms with E-state index < -0.39 is 17.7 Å². The van der Waals surface area contributed by atoms with Crippen LogP contribution < -0.4 is 25.3 Å². The summed E-state index contributed by atoms with van der Waals surface area (Å²) in [5, 5.41) is 7.72. The molecule has 4 saturated heterocycles. The average Bonchev–Trinajstić information content (AvgIpc) is 3.85. The molecule has 2 aromatic carbocycles. The van der Waals surface area contributed by atoms with Gasteiger partial charge in [0, 0.05) is 55.8 Å². The maximum atomic E-state index is 14.6. The third kappa shape index (κ3) is 5.97. The highest BCUT2D eigenvalue weighted by Gasteiger charge is 2.43. The molecule has 13 heteroatoms. The molecule has 0 radical (unpaired) electrons. The van der Waals surface area contributed by atoms with E-state index in [1.807, 2.05) is 12.1 Å². The molecule has 46 heavy (non-hydrogen) atoms. The third-order valence-corrected chi connectivity index (χ3v) is 9.34. The fourth-order valence-electron chi connectivity index (χ4n) is 7.12. The Bertz CT molecular complexity index is 1620. The number of ether oxygens (including phenoxy) is 2. The average molecular weight is 634 g/mol. The SMILES string of the molecule is C=CC(=O)Nc1cc(Nc2cc(N3OCC[C@@H]3c3cc(F)ccc3F)ncn2)c(OC)cc1N1CCC(N2C[C@@H]3C[C@H]2CO3)CC1. The molecular formula is C33H37F2N7O4. The number of aromatic nitrogens is 2. The lowest BCUT2D eigenvalue weighted by Gasteiger charge is -2.41. The summed E-state index contributed by atoms with van der Waals surface area (Å²) in [6, 6.07) is 9.26. The van der Waals surface area contributed by atoms with E-state index in [0.29, 0.717) is 60.0 Å². The van der Waals surface area contributed by atoms with Crippen LogP contribution in [0.3, 0.4) is 0 Å². The largest absolute Gasteiger partial charge is 0.494 e. The monoisotopic (exact) mass is 633 g/mol. The normalized spacial score (nSPS) is 23.2. The van der Waals surface area contributed by atoms with Crippen molar-refractivity contribution in [2.75, 3.05) is 60.6 Å². The number of nitrogens with zero attached hydrogens (tertiary/aromatic N) is 5. The molecule has 2 N–H and O–H groups in total. The number of methoxy groups -OCH3 is 1. The maximum absolute atomic E-state index is 14.6. The number of carbonyl (C=O) groups excluding carboxylic acids is 1. The lowest BCUT2D eigenvalue weighted by atomic mass is 10.0. The van der Waals surface area contributed by atoms with Gasteiger partial charge in [0.1, 0.15) is 29.5 Å². The van der Waals surface area contributed by atoms with Gasteiger partial charge in [-0.05, 0) is 49.6 Å². The number of anilines is 5. The summed E-state index contributed by atoms with van der Waals surface area (Å²) in [5.41, 5.74) is 2.22. The van der Waals surface area contributed by atoms with Crippen molar-refractivity contribution in [1.29, 1.82) is 0 Å². The molecule has 0 spiro atoms. The quantitative estimate of drug-likeness (QED) is 0.315. The lowest BCUT2D eigenvalue weighted by molar-refractivity contribution is -0.111. The van der Waals surface area contributed by atoms with Gasteiger partial charge < -0.3 is 25.0 Å². The van der Waals surface area contributed by atoms with Gasteiger partial charge in [-0.15, -0.1) is 0 Å². The summed E-state index contributed by atoms with van der Waals surface area (Å²) >= 11 is 0. The molecule has 4 aliphatic rings. The van der Waals surface area contributed by atoms with Crippen molar-refractivity contribution in [2.24, 2.45) is 0 Å². The van der Waals surface area contributed by atoms with E-state index in [9.17, 15) is 13.6 Å². The van der Waals surface area contributed by atoms with Gasteiger partial charge >= 0.3 is 0 Å². The van der Waals surface area contributed by atoms with Crippen LogP contribution in [0.4, 0.5) is 37.5 Å². The zero-order valence-corrected chi connectivity index (χ0v) is 25.6. The number of likely N-dealkylation sites (tertiary alicyclic amines) is 1. The topological polar surface area (TPSA) is 104 Å². The van der Waals surface area contributed by atoms with Crippen LogP contribution in [0.15, 0.2) is 55.4 Å². The van der Waals surface area contributed by atoms with E-state index in [4.69, 9.17) is 14.3 Å². The van der Waals surface area contributed by atoms with Crippen LogP contribution in [0.5, 0.6) is 5.75 Å². The number of hydrogen-bond acceptors (Lipinski definition) is 10. The molecule has 11 nitrogen and oxygen atoms in total. The Morgan fingerprint density at radius 2 is 1.93 bits per heavy atom. The first-order valence-corrected chi connectivity index (χ1v) is 15.6. The van der Waals surface area contributed by atoms with Gasteiger partial charge in [-0.25, -0.2) is 23.8 Å². The van der Waals surface area contributed by atoms with E-state index in [2.05, 4.69) is 37.0 Å². The Morgan fingerprint density at radius 3 is 2.67 bits per heavy atom. The first-order chi connectivity index (χ1) is 22.4. The smallest absolute Gasteiger partial charge is 0.247 e. The number of fused-ring (bicyclic) bond motifs is 2. The molecule has 3 aromatic rings. The summed E-state index contributed by atoms with van der Waals surface area (Å²) < 4.78 is 40.2. The summed E-state index contributed by atoms with van der Waals surface area (Å²) in [5.74, 6) is -0.0292. The van der Waals surface area contributed by atoms with Gasteiger partial charge in [0.2, 0.25) is 5.91 Å². The minimum absolute atomic E-state index is 0.191. The highest BCUT2D eigenvalue weighted by atomic mass is 19.1. The Balaban J connectivity index is 1.12. The standard InChI is InChI=1S/C33H37F2N7O4/c1-3-33(43)39-26-14-27(30(44-2)15-29(26)40-9-6-21(7-10-40)41-17-23-13-22(41)18-45-23)38-31-16-32(37-19-36-31)42-28(8-11-46-42)24-12-20(34)4-5-25(24)35/h3-5,12,14-16,19,21-23,28H,1,6-11,13,17-18H2,2H3,(H,39,43)(H,36,37,38)/t22-,23-,28+/m0/s1. The van der Waals surface area contributed by atoms with Crippen LogP contribution in [0.2, 0.25) is 0 Å². The van der Waals surface area contributed by atoms with Gasteiger partial charge in [-0.2, -0.15) is 0 Å². The van der Waals surface area contributed by atoms with Crippen LogP contribution in [0.1, 0.15) is 37.3 Å². The second-order valence-corrected chi connectivity index (χ2v) is 12.0. The minimum Gasteiger partial charge on any atom is -0.494 e. The first-order valence-electron chi connectivity index (χ1n) is 15.6. The molecule has 242 valence electrons. The number of benzene rings is 2. The Hall–Kier alpha value is -4.33. The fraction of sp³-hybridized carbons (Fsp3) is 0.424. The molecule has 0 aliphatic carbocycles. The number of halogens is 2. The molecule has 1 aromatic heterocycles. The maximum Gasteiger partial charge on any atom is 0.247 e. The number of amides is 1. The van der Waals surface area contributed by atoms with E-state index in [0.717, 1.165) is 63.3 Å². The zero-order valence-electron chi connectivity index (χ0n) is 25.6. The Labute approximate surface area is 266 Å². The van der Waals surface area contributed by atoms with Crippen LogP contribution >= 0.6 is 0 Å². The molecule has 3 atom stereocenters. The number of rotatable bonds is 9. The molecule has 4 aliphatic heterocycles. The van der Waals surface area contributed by atoms with Crippen LogP contribution in [0, 0.1) is 11.6 Å². The predicted molar refractivity (Wildman–Crippen MR) is 169 cm³/mol. The van der Waals surface area contributed by atoms with Crippen molar-refractivity contribution in [3.8, 4) is 5.75 Å². The zero-order chi connectivity index (χ0) is 31.8. The highest BCUT2D eigenvalue weighted by Crippen LogP contribution is 2.41. The third-order valence-electron chi connectivity index (χ3n) is 9.34. The Kier molecular flexibility index (Phi) is 8.45. The summed E-state index contributed by atoms with van der Waals surface area (Å²) in [7, 11) is 1.59. The molecule has 2 bridgehead atoms. The van der Waals surface area contributed by atoms with E-state index >= 15 is 0 Å².